The van der Waals surface area contributed by atoms with E-state index in [1.54, 1.807) is 24.3 Å². The van der Waals surface area contributed by atoms with Gasteiger partial charge in [-0.3, -0.25) is 0 Å². The molecule has 0 aliphatic carbocycles. The molecule has 0 heterocycles. The molecule has 1 atom stereocenters. The van der Waals surface area contributed by atoms with Crippen LogP contribution in [-0.2, 0) is 4.79 Å². The first-order valence-electron chi connectivity index (χ1n) is 3.74. The summed E-state index contributed by atoms with van der Waals surface area (Å²) in [6.07, 6.45) is -0.846. The van der Waals surface area contributed by atoms with Crippen molar-refractivity contribution in [3.8, 4) is 5.75 Å². The quantitative estimate of drug-likeness (QED) is 0.816. The summed E-state index contributed by atoms with van der Waals surface area (Å²) in [7, 11) is 0. The first kappa shape index (κ1) is 14.4. The van der Waals surface area contributed by atoms with Gasteiger partial charge in [0.15, 0.2) is 6.10 Å². The van der Waals surface area contributed by atoms with Gasteiger partial charge in [-0.2, -0.15) is 0 Å². The third kappa shape index (κ3) is 4.77. The molecule has 0 amide bonds. The molecule has 1 rings (SSSR count). The molecule has 0 fully saturated rings. The predicted molar refractivity (Wildman–Crippen MR) is 56.3 cm³/mol. The summed E-state index contributed by atoms with van der Waals surface area (Å²) in [6, 6.07) is 6.54. The number of ether oxygens (including phenoxy) is 1. The maximum atomic E-state index is 10.4. The van der Waals surface area contributed by atoms with Crippen LogP contribution in [0.3, 0.4) is 0 Å². The van der Waals surface area contributed by atoms with Crippen molar-refractivity contribution in [3.63, 3.8) is 0 Å². The summed E-state index contributed by atoms with van der Waals surface area (Å²) < 4.78 is 5.07. The van der Waals surface area contributed by atoms with Crippen LogP contribution in [0.2, 0.25) is 5.02 Å². The molecule has 0 bridgehead atoms. The number of rotatable bonds is 3. The fraction of sp³-hybridized carbons (Fsp3) is 0.222. The van der Waals surface area contributed by atoms with Crippen molar-refractivity contribution in [2.45, 2.75) is 13.0 Å². The van der Waals surface area contributed by atoms with Crippen LogP contribution in [0.25, 0.3) is 0 Å². The number of carboxylic acid groups (broad SMARTS) is 1. The standard InChI is InChI=1S/C9H9ClO3.K.H/c1-6(9(11)12)13-8-4-2-7(10)3-5-8;;/h2-6H,1H3,(H,11,12);;. The second kappa shape index (κ2) is 6.82. The van der Waals surface area contributed by atoms with Crippen LogP contribution >= 0.6 is 11.6 Å². The molecule has 0 saturated heterocycles. The Hall–Kier alpha value is 0.416. The molecule has 0 spiro atoms. The van der Waals surface area contributed by atoms with E-state index in [0.29, 0.717) is 10.8 Å². The molecule has 0 aromatic heterocycles. The van der Waals surface area contributed by atoms with E-state index >= 15 is 0 Å². The van der Waals surface area contributed by atoms with Gasteiger partial charge in [-0.15, -0.1) is 0 Å². The first-order chi connectivity index (χ1) is 6.09. The molecule has 0 saturated carbocycles. The van der Waals surface area contributed by atoms with Gasteiger partial charge in [0.1, 0.15) is 5.75 Å². The Morgan fingerprint density at radius 1 is 1.43 bits per heavy atom. The summed E-state index contributed by atoms with van der Waals surface area (Å²) in [5.41, 5.74) is 0. The van der Waals surface area contributed by atoms with Crippen molar-refractivity contribution in [2.75, 3.05) is 0 Å². The van der Waals surface area contributed by atoms with E-state index < -0.39 is 12.1 Å². The summed E-state index contributed by atoms with van der Waals surface area (Å²) in [6.45, 7) is 1.47. The Labute approximate surface area is 130 Å². The predicted octanol–water partition coefficient (Wildman–Crippen LogP) is 1.54. The van der Waals surface area contributed by atoms with Crippen LogP contribution in [0, 0.1) is 0 Å². The molecule has 0 aliphatic rings. The van der Waals surface area contributed by atoms with Gasteiger partial charge in [-0.05, 0) is 31.2 Å². The summed E-state index contributed by atoms with van der Waals surface area (Å²) in [4.78, 5) is 10.4. The first-order valence-corrected chi connectivity index (χ1v) is 4.12. The molecule has 14 heavy (non-hydrogen) atoms. The van der Waals surface area contributed by atoms with Crippen molar-refractivity contribution in [2.24, 2.45) is 0 Å². The Bertz CT molecular complexity index is 299. The summed E-state index contributed by atoms with van der Waals surface area (Å²) >= 11 is 5.64. The average molecular weight is 241 g/mol. The number of halogens is 1. The van der Waals surface area contributed by atoms with Gasteiger partial charge < -0.3 is 9.84 Å². The van der Waals surface area contributed by atoms with E-state index in [1.807, 2.05) is 0 Å². The third-order valence-electron chi connectivity index (χ3n) is 1.47. The zero-order chi connectivity index (χ0) is 9.84. The van der Waals surface area contributed by atoms with E-state index in [2.05, 4.69) is 0 Å². The minimum atomic E-state index is -0.991. The summed E-state index contributed by atoms with van der Waals surface area (Å²) in [5.74, 6) is -0.491. The Morgan fingerprint density at radius 3 is 2.36 bits per heavy atom. The number of benzene rings is 1. The fourth-order valence-corrected chi connectivity index (χ4v) is 0.894. The normalized spacial score (nSPS) is 11.3. The van der Waals surface area contributed by atoms with Gasteiger partial charge in [0.2, 0.25) is 0 Å². The molecule has 5 heteroatoms. The molecule has 1 aromatic carbocycles. The van der Waals surface area contributed by atoms with Crippen LogP contribution in [0.4, 0.5) is 0 Å². The van der Waals surface area contributed by atoms with Crippen molar-refractivity contribution in [1.82, 2.24) is 0 Å². The molecule has 1 N–H and O–H groups in total. The third-order valence-corrected chi connectivity index (χ3v) is 1.73. The van der Waals surface area contributed by atoms with Crippen LogP contribution in [-0.4, -0.2) is 68.6 Å². The van der Waals surface area contributed by atoms with Crippen LogP contribution < -0.4 is 4.74 Å². The number of carboxylic acids is 1. The van der Waals surface area contributed by atoms with Gasteiger partial charge >= 0.3 is 57.4 Å². The molecule has 1 unspecified atom stereocenters. The number of hydrogen-bond acceptors (Lipinski definition) is 2. The van der Waals surface area contributed by atoms with E-state index in [9.17, 15) is 4.79 Å². The fourth-order valence-electron chi connectivity index (χ4n) is 0.768. The minimum absolute atomic E-state index is 0. The van der Waals surface area contributed by atoms with Gasteiger partial charge in [0.05, 0.1) is 0 Å². The number of hydrogen-bond donors (Lipinski definition) is 1. The zero-order valence-corrected chi connectivity index (χ0v) is 7.78. The Kier molecular flexibility index (Phi) is 7.02. The van der Waals surface area contributed by atoms with Gasteiger partial charge in [-0.25, -0.2) is 4.79 Å². The van der Waals surface area contributed by atoms with Crippen LogP contribution in [0.1, 0.15) is 6.92 Å². The molecule has 0 radical (unpaired) electrons. The van der Waals surface area contributed by atoms with Crippen LogP contribution in [0.5, 0.6) is 5.75 Å². The van der Waals surface area contributed by atoms with Crippen molar-refractivity contribution in [1.29, 1.82) is 0 Å². The van der Waals surface area contributed by atoms with Crippen LogP contribution in [0.15, 0.2) is 24.3 Å². The summed E-state index contributed by atoms with van der Waals surface area (Å²) in [5, 5.41) is 9.14. The number of carbonyl (C=O) groups is 1. The van der Waals surface area contributed by atoms with E-state index in [4.69, 9.17) is 21.4 Å². The SMILES string of the molecule is CC(Oc1ccc(Cl)cc1)C(=O)O.[KH]. The van der Waals surface area contributed by atoms with Crippen molar-refractivity contribution < 1.29 is 14.6 Å². The van der Waals surface area contributed by atoms with Gasteiger partial charge in [0.25, 0.3) is 0 Å². The Balaban J connectivity index is 0.00000169. The topological polar surface area (TPSA) is 46.5 Å². The average Bonchev–Trinajstić information content (AvgIpc) is 2.08. The molecular formula is C9H10ClKO3. The van der Waals surface area contributed by atoms with Crippen molar-refractivity contribution >= 4 is 69.0 Å². The van der Waals surface area contributed by atoms with Crippen molar-refractivity contribution in [3.05, 3.63) is 29.3 Å². The molecular weight excluding hydrogens is 231 g/mol. The molecule has 3 nitrogen and oxygen atoms in total. The maximum absolute atomic E-state index is 10.4. The second-order valence-corrected chi connectivity index (χ2v) is 2.99. The van der Waals surface area contributed by atoms with E-state index in [1.165, 1.54) is 6.92 Å². The second-order valence-electron chi connectivity index (χ2n) is 2.55. The zero-order valence-electron chi connectivity index (χ0n) is 7.03. The van der Waals surface area contributed by atoms with E-state index in [0.717, 1.165) is 0 Å². The molecule has 72 valence electrons. The van der Waals surface area contributed by atoms with E-state index in [-0.39, 0.29) is 51.4 Å². The molecule has 1 aromatic rings. The van der Waals surface area contributed by atoms with Gasteiger partial charge in [0, 0.05) is 5.02 Å². The monoisotopic (exact) mass is 240 g/mol. The Morgan fingerprint density at radius 2 is 1.93 bits per heavy atom. The number of aliphatic carboxylic acids is 1. The molecule has 0 aliphatic heterocycles. The van der Waals surface area contributed by atoms with Gasteiger partial charge in [-0.1, -0.05) is 11.6 Å².